The number of ether oxygens (including phenoxy) is 3. The van der Waals surface area contributed by atoms with E-state index in [9.17, 15) is 9.18 Å². The summed E-state index contributed by atoms with van der Waals surface area (Å²) in [6.45, 7) is -0.214. The van der Waals surface area contributed by atoms with E-state index in [2.05, 4.69) is 14.2 Å². The molecule has 0 saturated carbocycles. The molecule has 0 aromatic heterocycles. The summed E-state index contributed by atoms with van der Waals surface area (Å²) in [6.07, 6.45) is -0.756. The van der Waals surface area contributed by atoms with Gasteiger partial charge in [0.1, 0.15) is 13.3 Å². The number of alkyl halides is 1. The highest BCUT2D eigenvalue weighted by Crippen LogP contribution is 1.83. The molecule has 0 bridgehead atoms. The minimum Gasteiger partial charge on any atom is -0.438 e. The summed E-state index contributed by atoms with van der Waals surface area (Å²) < 4.78 is 24.7. The summed E-state index contributed by atoms with van der Waals surface area (Å²) in [7, 11) is 1.21. The summed E-state index contributed by atoms with van der Waals surface area (Å²) in [4.78, 5) is 10.3. The van der Waals surface area contributed by atoms with Gasteiger partial charge in [0.05, 0.1) is 20.3 Å². The van der Waals surface area contributed by atoms with Gasteiger partial charge in [-0.05, 0) is 0 Å². The highest BCUT2D eigenvalue weighted by molar-refractivity contribution is 5.59. The number of hydrogen-bond donors (Lipinski definition) is 0. The average molecular weight is 166 g/mol. The molecule has 66 valence electrons. The van der Waals surface area contributed by atoms with Crippen LogP contribution >= 0.6 is 0 Å². The lowest BCUT2D eigenvalue weighted by atomic mass is 10.7. The maximum Gasteiger partial charge on any atom is 0.508 e. The molecule has 0 saturated heterocycles. The highest BCUT2D eigenvalue weighted by atomic mass is 19.1. The minimum atomic E-state index is -0.756. The van der Waals surface area contributed by atoms with Crippen molar-refractivity contribution in [2.45, 2.75) is 0 Å². The molecule has 0 aromatic carbocycles. The van der Waals surface area contributed by atoms with Crippen molar-refractivity contribution in [3.8, 4) is 0 Å². The Hall–Kier alpha value is -0.840. The van der Waals surface area contributed by atoms with Crippen LogP contribution in [0, 0.1) is 0 Å². The predicted molar refractivity (Wildman–Crippen MR) is 35.2 cm³/mol. The topological polar surface area (TPSA) is 44.8 Å². The maximum atomic E-state index is 11.4. The molecule has 11 heavy (non-hydrogen) atoms. The van der Waals surface area contributed by atoms with E-state index >= 15 is 0 Å². The van der Waals surface area contributed by atoms with Gasteiger partial charge >= 0.3 is 6.16 Å². The summed E-state index contributed by atoms with van der Waals surface area (Å²) >= 11 is 0. The Morgan fingerprint density at radius 1 is 1.36 bits per heavy atom. The van der Waals surface area contributed by atoms with E-state index in [0.717, 1.165) is 0 Å². The predicted octanol–water partition coefficient (Wildman–Crippen LogP) is 0.755. The third-order valence-electron chi connectivity index (χ3n) is 0.836. The number of methoxy groups -OCH3 is 1. The third-order valence-corrected chi connectivity index (χ3v) is 0.836. The maximum absolute atomic E-state index is 11.4. The van der Waals surface area contributed by atoms with E-state index in [1.165, 1.54) is 7.11 Å². The number of carbonyl (C=O) groups is 1. The number of rotatable bonds is 5. The van der Waals surface area contributed by atoms with Gasteiger partial charge in [-0.2, -0.15) is 0 Å². The lowest BCUT2D eigenvalue weighted by molar-refractivity contribution is 0.0348. The van der Waals surface area contributed by atoms with Crippen LogP contribution in [0.5, 0.6) is 0 Å². The van der Waals surface area contributed by atoms with Gasteiger partial charge in [0.2, 0.25) is 0 Å². The van der Waals surface area contributed by atoms with Crippen LogP contribution in [0.2, 0.25) is 0 Å². The molecule has 4 nitrogen and oxygen atoms in total. The summed E-state index contributed by atoms with van der Waals surface area (Å²) in [5.74, 6) is 0. The molecule has 0 atom stereocenters. The molecule has 0 aliphatic heterocycles. The zero-order chi connectivity index (χ0) is 8.53. The Balaban J connectivity index is 2.95. The number of carbonyl (C=O) groups excluding carboxylic acids is 1. The van der Waals surface area contributed by atoms with Gasteiger partial charge in [-0.1, -0.05) is 0 Å². The second-order valence-corrected chi connectivity index (χ2v) is 1.60. The molecule has 0 amide bonds. The Kier molecular flexibility index (Phi) is 6.71. The van der Waals surface area contributed by atoms with Crippen LogP contribution in [0.1, 0.15) is 0 Å². The molecule has 0 radical (unpaired) electrons. The molecule has 0 aromatic rings. The Bertz CT molecular complexity index is 107. The van der Waals surface area contributed by atoms with Gasteiger partial charge in [-0.3, -0.25) is 0 Å². The first kappa shape index (κ1) is 10.2. The molecule has 0 rings (SSSR count). The monoisotopic (exact) mass is 166 g/mol. The fraction of sp³-hybridized carbons (Fsp3) is 0.833. The summed E-state index contributed by atoms with van der Waals surface area (Å²) in [6, 6.07) is 0. The van der Waals surface area contributed by atoms with Crippen molar-refractivity contribution >= 4 is 6.16 Å². The smallest absolute Gasteiger partial charge is 0.438 e. The van der Waals surface area contributed by atoms with E-state index in [1.54, 1.807) is 0 Å². The van der Waals surface area contributed by atoms with Crippen LogP contribution in [0.3, 0.4) is 0 Å². The normalized spacial score (nSPS) is 9.27. The lowest BCUT2D eigenvalue weighted by Crippen LogP contribution is -2.11. The molecule has 0 heterocycles. The van der Waals surface area contributed by atoms with Crippen molar-refractivity contribution < 1.29 is 23.4 Å². The molecule has 0 N–H and O–H groups in total. The fourth-order valence-electron chi connectivity index (χ4n) is 0.399. The van der Waals surface area contributed by atoms with Gasteiger partial charge in [-0.15, -0.1) is 0 Å². The second kappa shape index (κ2) is 7.27. The highest BCUT2D eigenvalue weighted by Gasteiger charge is 1.97. The first-order valence-corrected chi connectivity index (χ1v) is 3.15. The zero-order valence-electron chi connectivity index (χ0n) is 6.34. The first-order chi connectivity index (χ1) is 5.31. The first-order valence-electron chi connectivity index (χ1n) is 3.15. The van der Waals surface area contributed by atoms with Crippen LogP contribution < -0.4 is 0 Å². The van der Waals surface area contributed by atoms with Gasteiger partial charge < -0.3 is 14.2 Å². The van der Waals surface area contributed by atoms with E-state index < -0.39 is 12.8 Å². The zero-order valence-corrected chi connectivity index (χ0v) is 6.34. The third kappa shape index (κ3) is 7.05. The summed E-state index contributed by atoms with van der Waals surface area (Å²) in [5.41, 5.74) is 0. The largest absolute Gasteiger partial charge is 0.508 e. The van der Waals surface area contributed by atoms with Crippen molar-refractivity contribution in [2.75, 3.05) is 33.6 Å². The van der Waals surface area contributed by atoms with Gasteiger partial charge in [0.15, 0.2) is 0 Å². The van der Waals surface area contributed by atoms with Crippen molar-refractivity contribution in [2.24, 2.45) is 0 Å². The van der Waals surface area contributed by atoms with Gasteiger partial charge in [0.25, 0.3) is 0 Å². The molecule has 0 aliphatic carbocycles. The van der Waals surface area contributed by atoms with Gasteiger partial charge in [0, 0.05) is 0 Å². The summed E-state index contributed by atoms with van der Waals surface area (Å²) in [5, 5.41) is 0. The van der Waals surface area contributed by atoms with E-state index in [4.69, 9.17) is 0 Å². The standard InChI is InChI=1S/C6H11FO4/c1-9-6(8)11-5-4-10-3-2-7/h2-5H2,1H3. The van der Waals surface area contributed by atoms with Crippen molar-refractivity contribution in [1.29, 1.82) is 0 Å². The van der Waals surface area contributed by atoms with Crippen molar-refractivity contribution in [3.63, 3.8) is 0 Å². The number of halogens is 1. The molecule has 0 aliphatic rings. The van der Waals surface area contributed by atoms with E-state index in [0.29, 0.717) is 0 Å². The Labute approximate surface area is 64.2 Å². The van der Waals surface area contributed by atoms with Crippen LogP contribution in [0.4, 0.5) is 9.18 Å². The number of hydrogen-bond acceptors (Lipinski definition) is 4. The van der Waals surface area contributed by atoms with Gasteiger partial charge in [-0.25, -0.2) is 9.18 Å². The molecule has 0 unspecified atom stereocenters. The van der Waals surface area contributed by atoms with E-state index in [-0.39, 0.29) is 19.8 Å². The minimum absolute atomic E-state index is 0.0323. The van der Waals surface area contributed by atoms with E-state index in [1.807, 2.05) is 0 Å². The van der Waals surface area contributed by atoms with Crippen LogP contribution in [0.15, 0.2) is 0 Å². The SMILES string of the molecule is COC(=O)OCCOCCF. The van der Waals surface area contributed by atoms with Crippen molar-refractivity contribution in [1.82, 2.24) is 0 Å². The Morgan fingerprint density at radius 3 is 2.64 bits per heavy atom. The molecular formula is C6H11FO4. The molecule has 0 fully saturated rings. The quantitative estimate of drug-likeness (QED) is 0.446. The van der Waals surface area contributed by atoms with Crippen LogP contribution in [0.25, 0.3) is 0 Å². The van der Waals surface area contributed by atoms with Crippen LogP contribution in [-0.4, -0.2) is 39.8 Å². The lowest BCUT2D eigenvalue weighted by Gasteiger charge is -2.02. The second-order valence-electron chi connectivity index (χ2n) is 1.60. The van der Waals surface area contributed by atoms with Crippen LogP contribution in [-0.2, 0) is 14.2 Å². The fourth-order valence-corrected chi connectivity index (χ4v) is 0.399. The molecular weight excluding hydrogens is 155 g/mol. The average Bonchev–Trinajstić information content (AvgIpc) is 2.04. The molecule has 0 spiro atoms. The molecule has 5 heteroatoms. The van der Waals surface area contributed by atoms with Crippen molar-refractivity contribution in [3.05, 3.63) is 0 Å². The Morgan fingerprint density at radius 2 is 2.09 bits per heavy atom.